The van der Waals surface area contributed by atoms with E-state index in [1.54, 1.807) is 31.3 Å². The molecule has 1 unspecified atom stereocenters. The molecule has 28 heavy (non-hydrogen) atoms. The summed E-state index contributed by atoms with van der Waals surface area (Å²) in [6.07, 6.45) is -0.954. The Kier molecular flexibility index (Phi) is 5.99. The van der Waals surface area contributed by atoms with Crippen LogP contribution in [0, 0.1) is 0 Å². The number of nitrogens with one attached hydrogen (secondary N) is 1. The average molecular weight is 446 g/mol. The van der Waals surface area contributed by atoms with Crippen molar-refractivity contribution in [1.82, 2.24) is 9.13 Å². The molecular weight excluding hydrogens is 426 g/mol. The van der Waals surface area contributed by atoms with Crippen molar-refractivity contribution in [2.45, 2.75) is 26.0 Å². The Hall–Kier alpha value is -2.87. The van der Waals surface area contributed by atoms with Crippen LogP contribution in [-0.4, -0.2) is 27.1 Å². The molecule has 0 aliphatic heterocycles. The molecule has 146 valence electrons. The van der Waals surface area contributed by atoms with E-state index >= 15 is 0 Å². The molecule has 8 heteroatoms. The van der Waals surface area contributed by atoms with Gasteiger partial charge in [0.05, 0.1) is 17.5 Å². The number of carbonyl (C=O) groups excluding carboxylic acids is 2. The summed E-state index contributed by atoms with van der Waals surface area (Å²) in [4.78, 5) is 36.7. The van der Waals surface area contributed by atoms with Gasteiger partial charge in [0, 0.05) is 23.8 Å². The Morgan fingerprint density at radius 2 is 1.75 bits per heavy atom. The predicted molar refractivity (Wildman–Crippen MR) is 110 cm³/mol. The summed E-state index contributed by atoms with van der Waals surface area (Å²) in [5.41, 5.74) is 1.96. The Morgan fingerprint density at radius 1 is 1.11 bits per heavy atom. The van der Waals surface area contributed by atoms with Crippen molar-refractivity contribution in [3.63, 3.8) is 0 Å². The van der Waals surface area contributed by atoms with E-state index in [9.17, 15) is 14.4 Å². The summed E-state index contributed by atoms with van der Waals surface area (Å²) in [6.45, 7) is 1.69. The van der Waals surface area contributed by atoms with E-state index < -0.39 is 18.0 Å². The summed E-state index contributed by atoms with van der Waals surface area (Å²) < 4.78 is 9.17. The van der Waals surface area contributed by atoms with Gasteiger partial charge in [-0.2, -0.15) is 0 Å². The second kappa shape index (κ2) is 8.43. The van der Waals surface area contributed by atoms with Gasteiger partial charge in [0.25, 0.3) is 5.91 Å². The number of hydrogen-bond acceptors (Lipinski definition) is 4. The van der Waals surface area contributed by atoms with Crippen molar-refractivity contribution >= 4 is 44.5 Å². The summed E-state index contributed by atoms with van der Waals surface area (Å²) in [5.74, 6) is -0.962. The van der Waals surface area contributed by atoms with Crippen molar-refractivity contribution in [1.29, 1.82) is 0 Å². The molecule has 0 saturated carbocycles. The number of ether oxygens (including phenoxy) is 1. The van der Waals surface area contributed by atoms with Gasteiger partial charge in [0.2, 0.25) is 0 Å². The van der Waals surface area contributed by atoms with Gasteiger partial charge in [-0.3, -0.25) is 18.7 Å². The first-order chi connectivity index (χ1) is 13.4. The van der Waals surface area contributed by atoms with E-state index in [1.807, 2.05) is 24.3 Å². The first-order valence-corrected chi connectivity index (χ1v) is 9.56. The number of halogens is 1. The van der Waals surface area contributed by atoms with Gasteiger partial charge < -0.3 is 10.1 Å². The molecule has 1 N–H and O–H groups in total. The van der Waals surface area contributed by atoms with Crippen molar-refractivity contribution in [3.8, 4) is 0 Å². The molecule has 0 spiro atoms. The number of imidazole rings is 1. The number of benzene rings is 2. The van der Waals surface area contributed by atoms with Crippen LogP contribution in [0.4, 0.5) is 5.69 Å². The number of nitrogens with zero attached hydrogens (tertiary/aromatic N) is 2. The minimum absolute atomic E-state index is 0.0101. The third-order valence-corrected chi connectivity index (χ3v) is 4.91. The predicted octanol–water partition coefficient (Wildman–Crippen LogP) is 3.06. The monoisotopic (exact) mass is 445 g/mol. The molecule has 1 aromatic heterocycles. The number of carbonyl (C=O) groups is 2. The number of anilines is 1. The molecule has 0 bridgehead atoms. The minimum Gasteiger partial charge on any atom is -0.452 e. The molecule has 1 heterocycles. The average Bonchev–Trinajstić information content (AvgIpc) is 2.92. The van der Waals surface area contributed by atoms with Gasteiger partial charge in [-0.1, -0.05) is 28.1 Å². The molecule has 0 aliphatic rings. The maximum Gasteiger partial charge on any atom is 0.328 e. The lowest BCUT2D eigenvalue weighted by molar-refractivity contribution is -0.153. The van der Waals surface area contributed by atoms with Crippen LogP contribution in [0.5, 0.6) is 0 Å². The highest BCUT2D eigenvalue weighted by Gasteiger charge is 2.19. The smallest absolute Gasteiger partial charge is 0.328 e. The quantitative estimate of drug-likeness (QED) is 0.591. The zero-order valence-corrected chi connectivity index (χ0v) is 17.1. The Balaban J connectivity index is 1.58. The Labute approximate surface area is 170 Å². The highest BCUT2D eigenvalue weighted by atomic mass is 79.9. The molecular formula is C20H20BrN3O4. The fraction of sp³-hybridized carbons (Fsp3) is 0.250. The third-order valence-electron chi connectivity index (χ3n) is 4.38. The van der Waals surface area contributed by atoms with Crippen LogP contribution in [0.15, 0.2) is 57.8 Å². The van der Waals surface area contributed by atoms with E-state index in [-0.39, 0.29) is 18.7 Å². The highest BCUT2D eigenvalue weighted by Crippen LogP contribution is 2.15. The van der Waals surface area contributed by atoms with Crippen LogP contribution >= 0.6 is 15.9 Å². The van der Waals surface area contributed by atoms with Crippen LogP contribution < -0.4 is 11.0 Å². The standard InChI is InChI=1S/C20H20BrN3O4/c1-13(19(26)22-15-9-7-14(21)8-10-15)28-18(25)11-12-24-17-6-4-3-5-16(17)23(2)20(24)27/h3-10,13H,11-12H2,1-2H3,(H,22,26). The van der Waals surface area contributed by atoms with E-state index in [1.165, 1.54) is 16.1 Å². The van der Waals surface area contributed by atoms with Crippen LogP contribution in [0.25, 0.3) is 11.0 Å². The first kappa shape index (κ1) is 19.9. The molecule has 0 saturated heterocycles. The van der Waals surface area contributed by atoms with Crippen molar-refractivity contribution in [2.75, 3.05) is 5.32 Å². The van der Waals surface area contributed by atoms with Crippen LogP contribution in [0.2, 0.25) is 0 Å². The van der Waals surface area contributed by atoms with Gasteiger partial charge in [-0.05, 0) is 43.3 Å². The fourth-order valence-corrected chi connectivity index (χ4v) is 3.13. The summed E-state index contributed by atoms with van der Waals surface area (Å²) in [5, 5.41) is 2.69. The molecule has 2 aromatic carbocycles. The van der Waals surface area contributed by atoms with Crippen molar-refractivity contribution < 1.29 is 14.3 Å². The zero-order valence-electron chi connectivity index (χ0n) is 15.5. The van der Waals surface area contributed by atoms with E-state index in [0.717, 1.165) is 15.5 Å². The SMILES string of the molecule is CC(OC(=O)CCn1c(=O)n(C)c2ccccc21)C(=O)Nc1ccc(Br)cc1. The lowest BCUT2D eigenvalue weighted by Crippen LogP contribution is -2.30. The molecule has 3 rings (SSSR count). The molecule has 1 amide bonds. The van der Waals surface area contributed by atoms with Gasteiger partial charge in [-0.25, -0.2) is 4.79 Å². The molecule has 0 fully saturated rings. The maximum atomic E-state index is 12.4. The maximum absolute atomic E-state index is 12.4. The lowest BCUT2D eigenvalue weighted by atomic mass is 10.3. The minimum atomic E-state index is -0.944. The second-order valence-electron chi connectivity index (χ2n) is 6.36. The van der Waals surface area contributed by atoms with Gasteiger partial charge >= 0.3 is 11.7 Å². The number of aromatic nitrogens is 2. The summed E-state index contributed by atoms with van der Waals surface area (Å²) >= 11 is 3.32. The Bertz CT molecular complexity index is 1070. The molecule has 1 atom stereocenters. The second-order valence-corrected chi connectivity index (χ2v) is 7.28. The molecule has 0 aliphatic carbocycles. The lowest BCUT2D eigenvalue weighted by Gasteiger charge is -2.13. The largest absolute Gasteiger partial charge is 0.452 e. The van der Waals surface area contributed by atoms with Gasteiger partial charge in [0.15, 0.2) is 6.10 Å². The van der Waals surface area contributed by atoms with Crippen LogP contribution in [-0.2, 0) is 27.9 Å². The summed E-state index contributed by atoms with van der Waals surface area (Å²) in [7, 11) is 1.69. The normalized spacial score (nSPS) is 12.0. The zero-order chi connectivity index (χ0) is 20.3. The number of para-hydroxylation sites is 2. The van der Waals surface area contributed by atoms with Crippen LogP contribution in [0.1, 0.15) is 13.3 Å². The Morgan fingerprint density at radius 3 is 2.43 bits per heavy atom. The van der Waals surface area contributed by atoms with Gasteiger partial charge in [-0.15, -0.1) is 0 Å². The van der Waals surface area contributed by atoms with E-state index in [0.29, 0.717) is 5.69 Å². The van der Waals surface area contributed by atoms with Crippen LogP contribution in [0.3, 0.4) is 0 Å². The molecule has 0 radical (unpaired) electrons. The summed E-state index contributed by atoms with van der Waals surface area (Å²) in [6, 6.07) is 14.4. The highest BCUT2D eigenvalue weighted by molar-refractivity contribution is 9.10. The van der Waals surface area contributed by atoms with E-state index in [2.05, 4.69) is 21.2 Å². The molecule has 7 nitrogen and oxygen atoms in total. The van der Waals surface area contributed by atoms with Crippen molar-refractivity contribution in [2.24, 2.45) is 7.05 Å². The topological polar surface area (TPSA) is 82.3 Å². The van der Waals surface area contributed by atoms with Gasteiger partial charge in [0.1, 0.15) is 0 Å². The fourth-order valence-electron chi connectivity index (χ4n) is 2.87. The number of amides is 1. The number of hydrogen-bond donors (Lipinski definition) is 1. The number of esters is 1. The van der Waals surface area contributed by atoms with Crippen molar-refractivity contribution in [3.05, 3.63) is 63.5 Å². The first-order valence-electron chi connectivity index (χ1n) is 8.77. The molecule has 3 aromatic rings. The van der Waals surface area contributed by atoms with E-state index in [4.69, 9.17) is 4.74 Å². The third kappa shape index (κ3) is 4.33. The number of aryl methyl sites for hydroxylation is 2. The number of rotatable bonds is 6. The number of fused-ring (bicyclic) bond motifs is 1.